The number of methoxy groups -OCH3 is 1. The summed E-state index contributed by atoms with van der Waals surface area (Å²) in [6.07, 6.45) is 0. The first-order valence-corrected chi connectivity index (χ1v) is 10.7. The van der Waals surface area contributed by atoms with Crippen LogP contribution >= 0.6 is 34.7 Å². The van der Waals surface area contributed by atoms with Crippen molar-refractivity contribution in [3.8, 4) is 0 Å². The minimum absolute atomic E-state index is 0.109. The molecule has 2 N–H and O–H groups in total. The Morgan fingerprint density at radius 1 is 1.07 bits per heavy atom. The third kappa shape index (κ3) is 5.69. The van der Waals surface area contributed by atoms with Crippen molar-refractivity contribution in [3.63, 3.8) is 0 Å². The third-order valence-electron chi connectivity index (χ3n) is 3.69. The van der Waals surface area contributed by atoms with Gasteiger partial charge in [0.15, 0.2) is 4.34 Å². The van der Waals surface area contributed by atoms with E-state index in [0.29, 0.717) is 16.9 Å². The van der Waals surface area contributed by atoms with Crippen LogP contribution < -0.4 is 10.6 Å². The Hall–Kier alpha value is -2.62. The molecule has 0 saturated heterocycles. The van der Waals surface area contributed by atoms with Crippen LogP contribution in [0, 0.1) is 0 Å². The first-order valence-electron chi connectivity index (χ1n) is 8.36. The zero-order valence-electron chi connectivity index (χ0n) is 15.2. The predicted molar refractivity (Wildman–Crippen MR) is 116 cm³/mol. The van der Waals surface area contributed by atoms with Gasteiger partial charge >= 0.3 is 5.97 Å². The van der Waals surface area contributed by atoms with Gasteiger partial charge in [-0.15, -0.1) is 22.9 Å². The molecule has 2 aromatic carbocycles. The molecule has 0 aliphatic rings. The summed E-state index contributed by atoms with van der Waals surface area (Å²) in [4.78, 5) is 39.5. The van der Waals surface area contributed by atoms with Gasteiger partial charge in [0.25, 0.3) is 0 Å². The van der Waals surface area contributed by atoms with Crippen LogP contribution in [0.5, 0.6) is 0 Å². The summed E-state index contributed by atoms with van der Waals surface area (Å²) in [5.41, 5.74) is 2.44. The van der Waals surface area contributed by atoms with Gasteiger partial charge in [-0.1, -0.05) is 11.8 Å². The Kier molecular flexibility index (Phi) is 7.08. The minimum Gasteiger partial charge on any atom is -0.465 e. The van der Waals surface area contributed by atoms with Crippen LogP contribution in [0.1, 0.15) is 10.4 Å². The van der Waals surface area contributed by atoms with E-state index in [1.807, 2.05) is 12.1 Å². The number of esters is 1. The predicted octanol–water partition coefficient (Wildman–Crippen LogP) is 3.99. The Morgan fingerprint density at radius 3 is 2.45 bits per heavy atom. The summed E-state index contributed by atoms with van der Waals surface area (Å²) in [7, 11) is 1.31. The molecule has 29 heavy (non-hydrogen) atoms. The van der Waals surface area contributed by atoms with E-state index < -0.39 is 5.97 Å². The lowest BCUT2D eigenvalue weighted by molar-refractivity contribution is -0.114. The number of amides is 2. The number of nitrogens with one attached hydrogen (secondary N) is 2. The average molecular weight is 450 g/mol. The van der Waals surface area contributed by atoms with Gasteiger partial charge in [-0.3, -0.25) is 9.59 Å². The van der Waals surface area contributed by atoms with E-state index in [0.717, 1.165) is 14.6 Å². The highest BCUT2D eigenvalue weighted by atomic mass is 35.5. The summed E-state index contributed by atoms with van der Waals surface area (Å²) < 4.78 is 6.29. The Labute approximate surface area is 179 Å². The van der Waals surface area contributed by atoms with Gasteiger partial charge in [-0.05, 0) is 42.5 Å². The molecule has 0 radical (unpaired) electrons. The second kappa shape index (κ2) is 9.73. The van der Waals surface area contributed by atoms with Crippen LogP contribution in [-0.2, 0) is 14.3 Å². The summed E-state index contributed by atoms with van der Waals surface area (Å²) in [6.45, 7) is 0. The van der Waals surface area contributed by atoms with Crippen molar-refractivity contribution in [2.75, 3.05) is 29.4 Å². The quantitative estimate of drug-likeness (QED) is 0.321. The molecular weight excluding hydrogens is 434 g/mol. The maximum Gasteiger partial charge on any atom is 0.337 e. The molecule has 0 spiro atoms. The van der Waals surface area contributed by atoms with Gasteiger partial charge in [0, 0.05) is 11.4 Å². The van der Waals surface area contributed by atoms with Gasteiger partial charge in [-0.25, -0.2) is 9.78 Å². The fourth-order valence-corrected chi connectivity index (χ4v) is 4.34. The van der Waals surface area contributed by atoms with Crippen molar-refractivity contribution in [3.05, 3.63) is 48.0 Å². The lowest BCUT2D eigenvalue weighted by Gasteiger charge is -2.05. The maximum atomic E-state index is 12.2. The summed E-state index contributed by atoms with van der Waals surface area (Å²) in [5, 5.41) is 5.47. The molecule has 7 nitrogen and oxygen atoms in total. The first kappa shape index (κ1) is 21.1. The van der Waals surface area contributed by atoms with Crippen molar-refractivity contribution >= 4 is 74.1 Å². The molecule has 0 fully saturated rings. The number of carbonyl (C=O) groups excluding carboxylic acids is 3. The van der Waals surface area contributed by atoms with Crippen LogP contribution in [0.4, 0.5) is 11.4 Å². The summed E-state index contributed by atoms with van der Waals surface area (Å²) in [6, 6.07) is 11.8. The van der Waals surface area contributed by atoms with E-state index in [1.54, 1.807) is 30.3 Å². The number of benzene rings is 2. The molecule has 0 aliphatic heterocycles. The number of alkyl halides is 1. The summed E-state index contributed by atoms with van der Waals surface area (Å²) in [5.74, 6) is -0.812. The van der Waals surface area contributed by atoms with Crippen molar-refractivity contribution in [1.82, 2.24) is 4.98 Å². The molecule has 1 heterocycles. The Balaban J connectivity index is 1.57. The number of hydrogen-bond donors (Lipinski definition) is 2. The molecule has 3 aromatic rings. The zero-order valence-corrected chi connectivity index (χ0v) is 17.6. The van der Waals surface area contributed by atoms with Crippen LogP contribution in [0.25, 0.3) is 10.2 Å². The second-order valence-electron chi connectivity index (χ2n) is 5.75. The number of halogens is 1. The molecule has 10 heteroatoms. The molecule has 0 atom stereocenters. The van der Waals surface area contributed by atoms with Gasteiger partial charge in [0.05, 0.1) is 28.6 Å². The number of carbonyl (C=O) groups is 3. The third-order valence-corrected chi connectivity index (χ3v) is 6.09. The van der Waals surface area contributed by atoms with Crippen LogP contribution in [0.15, 0.2) is 46.8 Å². The molecule has 1 aromatic heterocycles. The molecule has 150 valence electrons. The molecule has 3 rings (SSSR count). The number of thioether (sulfide) groups is 1. The van der Waals surface area contributed by atoms with Gasteiger partial charge in [-0.2, -0.15) is 0 Å². The van der Waals surface area contributed by atoms with Crippen molar-refractivity contribution in [2.45, 2.75) is 4.34 Å². The Bertz CT molecular complexity index is 1050. The van der Waals surface area contributed by atoms with E-state index in [-0.39, 0.29) is 23.4 Å². The van der Waals surface area contributed by atoms with Crippen LogP contribution in [-0.4, -0.2) is 41.5 Å². The number of anilines is 2. The average Bonchev–Trinajstić information content (AvgIpc) is 3.14. The largest absolute Gasteiger partial charge is 0.465 e. The molecule has 0 aliphatic carbocycles. The topological polar surface area (TPSA) is 97.4 Å². The van der Waals surface area contributed by atoms with Crippen molar-refractivity contribution in [1.29, 1.82) is 0 Å². The molecule has 0 bridgehead atoms. The van der Waals surface area contributed by atoms with Gasteiger partial charge in [0.2, 0.25) is 11.8 Å². The Morgan fingerprint density at radius 2 is 1.76 bits per heavy atom. The number of nitrogens with zero attached hydrogens (tertiary/aromatic N) is 1. The monoisotopic (exact) mass is 449 g/mol. The number of aromatic nitrogens is 1. The van der Waals surface area contributed by atoms with Crippen molar-refractivity contribution < 1.29 is 19.1 Å². The summed E-state index contributed by atoms with van der Waals surface area (Å²) >= 11 is 8.26. The lowest BCUT2D eigenvalue weighted by atomic mass is 10.2. The highest BCUT2D eigenvalue weighted by molar-refractivity contribution is 8.01. The number of hydrogen-bond acceptors (Lipinski definition) is 7. The normalized spacial score (nSPS) is 10.6. The smallest absolute Gasteiger partial charge is 0.337 e. The SMILES string of the molecule is COC(=O)c1ccc(NC(=O)CSc2nc3ccc(NC(=O)CCl)cc3s2)cc1. The molecule has 0 saturated carbocycles. The standard InChI is InChI=1S/C19H16ClN3O4S2/c1-27-18(26)11-2-4-12(5-3-11)21-17(25)10-28-19-23-14-7-6-13(8-15(14)29-19)22-16(24)9-20/h2-8H,9-10H2,1H3,(H,21,25)(H,22,24). The maximum absolute atomic E-state index is 12.2. The number of thiazole rings is 1. The van der Waals surface area contributed by atoms with Gasteiger partial charge < -0.3 is 15.4 Å². The van der Waals surface area contributed by atoms with Crippen LogP contribution in [0.3, 0.4) is 0 Å². The van der Waals surface area contributed by atoms with E-state index in [1.165, 1.54) is 30.2 Å². The number of fused-ring (bicyclic) bond motifs is 1. The number of ether oxygens (including phenoxy) is 1. The van der Waals surface area contributed by atoms with E-state index in [2.05, 4.69) is 20.4 Å². The van der Waals surface area contributed by atoms with E-state index >= 15 is 0 Å². The molecule has 0 unspecified atom stereocenters. The fourth-order valence-electron chi connectivity index (χ4n) is 2.37. The first-order chi connectivity index (χ1) is 14.0. The second-order valence-corrected chi connectivity index (χ2v) is 8.27. The van der Waals surface area contributed by atoms with Crippen molar-refractivity contribution in [2.24, 2.45) is 0 Å². The van der Waals surface area contributed by atoms with Gasteiger partial charge in [0.1, 0.15) is 5.88 Å². The number of rotatable bonds is 7. The zero-order chi connectivity index (χ0) is 20.8. The molecule has 2 amide bonds. The van der Waals surface area contributed by atoms with Crippen LogP contribution in [0.2, 0.25) is 0 Å². The highest BCUT2D eigenvalue weighted by Crippen LogP contribution is 2.31. The lowest BCUT2D eigenvalue weighted by Crippen LogP contribution is -2.14. The van der Waals surface area contributed by atoms with E-state index in [4.69, 9.17) is 11.6 Å². The fraction of sp³-hybridized carbons (Fsp3) is 0.158. The highest BCUT2D eigenvalue weighted by Gasteiger charge is 2.10. The molecular formula is C19H16ClN3O4S2. The minimum atomic E-state index is -0.431. The van der Waals surface area contributed by atoms with E-state index in [9.17, 15) is 14.4 Å².